The van der Waals surface area contributed by atoms with Crippen molar-refractivity contribution in [3.8, 4) is 0 Å². The first-order chi connectivity index (χ1) is 10.8. The van der Waals surface area contributed by atoms with Gasteiger partial charge < -0.3 is 15.4 Å². The molecule has 1 atom stereocenters. The summed E-state index contributed by atoms with van der Waals surface area (Å²) in [5, 5.41) is 11.3. The van der Waals surface area contributed by atoms with Gasteiger partial charge >= 0.3 is 0 Å². The molecule has 2 rings (SSSR count). The molecule has 0 fully saturated rings. The summed E-state index contributed by atoms with van der Waals surface area (Å²) in [6.45, 7) is 5.06. The Morgan fingerprint density at radius 3 is 3.14 bits per heavy atom. The predicted molar refractivity (Wildman–Crippen MR) is 90.3 cm³/mol. The van der Waals surface area contributed by atoms with Gasteiger partial charge in [-0.3, -0.25) is 4.99 Å². The topological polar surface area (TPSA) is 76.4 Å². The molecule has 7 nitrogen and oxygen atoms in total. The summed E-state index contributed by atoms with van der Waals surface area (Å²) in [5.74, 6) is 3.74. The Balaban J connectivity index is 1.93. The number of thioether (sulfide) groups is 1. The van der Waals surface area contributed by atoms with Crippen LogP contribution < -0.4 is 10.6 Å². The van der Waals surface area contributed by atoms with Gasteiger partial charge in [0.15, 0.2) is 11.8 Å². The lowest BCUT2D eigenvalue weighted by molar-refractivity contribution is 0.177. The Hall–Kier alpha value is -1.28. The second kappa shape index (κ2) is 8.99. The molecule has 8 heteroatoms. The van der Waals surface area contributed by atoms with Crippen molar-refractivity contribution in [3.63, 3.8) is 0 Å². The minimum absolute atomic E-state index is 0.330. The number of aliphatic imine (C=N–C) groups is 1. The monoisotopic (exact) mass is 326 g/mol. The third-order valence-corrected chi connectivity index (χ3v) is 4.02. The average molecular weight is 326 g/mol. The van der Waals surface area contributed by atoms with Gasteiger partial charge in [0.25, 0.3) is 0 Å². The van der Waals surface area contributed by atoms with Crippen molar-refractivity contribution in [2.24, 2.45) is 4.99 Å². The normalized spacial score (nSPS) is 18.1. The summed E-state index contributed by atoms with van der Waals surface area (Å²) in [5.41, 5.74) is 0. The van der Waals surface area contributed by atoms with Gasteiger partial charge in [-0.2, -0.15) is 16.9 Å². The van der Waals surface area contributed by atoms with E-state index < -0.39 is 0 Å². The maximum absolute atomic E-state index is 5.10. The van der Waals surface area contributed by atoms with Crippen molar-refractivity contribution >= 4 is 17.7 Å². The first kappa shape index (κ1) is 17.1. The summed E-state index contributed by atoms with van der Waals surface area (Å²) in [4.78, 5) is 9.10. The van der Waals surface area contributed by atoms with Crippen molar-refractivity contribution in [2.75, 3.05) is 32.2 Å². The number of nitrogens with one attached hydrogen (secondary N) is 2. The van der Waals surface area contributed by atoms with E-state index in [0.29, 0.717) is 12.6 Å². The Kier molecular flexibility index (Phi) is 6.98. The molecule has 1 aromatic rings. The number of fused-ring (bicyclic) bond motifs is 1. The molecule has 0 aromatic carbocycles. The average Bonchev–Trinajstić information content (AvgIpc) is 2.89. The van der Waals surface area contributed by atoms with Gasteiger partial charge in [0.2, 0.25) is 0 Å². The predicted octanol–water partition coefficient (Wildman–Crippen LogP) is 0.657. The lowest BCUT2D eigenvalue weighted by Gasteiger charge is -2.25. The Bertz CT molecular complexity index is 490. The van der Waals surface area contributed by atoms with Crippen LogP contribution in [0.15, 0.2) is 4.99 Å². The Morgan fingerprint density at radius 2 is 2.41 bits per heavy atom. The summed E-state index contributed by atoms with van der Waals surface area (Å²) in [6, 6.07) is 0.330. The van der Waals surface area contributed by atoms with E-state index in [2.05, 4.69) is 38.9 Å². The summed E-state index contributed by atoms with van der Waals surface area (Å²) < 4.78 is 7.09. The number of guanidine groups is 1. The first-order valence-electron chi connectivity index (χ1n) is 7.72. The number of rotatable bonds is 7. The fourth-order valence-electron chi connectivity index (χ4n) is 2.43. The molecule has 0 radical (unpaired) electrons. The maximum Gasteiger partial charge on any atom is 0.191 e. The molecule has 124 valence electrons. The van der Waals surface area contributed by atoms with Crippen molar-refractivity contribution in [3.05, 3.63) is 11.6 Å². The molecular weight excluding hydrogens is 300 g/mol. The van der Waals surface area contributed by atoms with Crippen LogP contribution in [0.1, 0.15) is 25.0 Å². The number of hydrogen-bond acceptors (Lipinski definition) is 5. The number of aryl methyl sites for hydroxylation is 1. The van der Waals surface area contributed by atoms with Crippen molar-refractivity contribution in [1.82, 2.24) is 25.4 Å². The molecule has 2 heterocycles. The summed E-state index contributed by atoms with van der Waals surface area (Å²) in [7, 11) is 1.66. The zero-order valence-corrected chi connectivity index (χ0v) is 14.4. The van der Waals surface area contributed by atoms with Gasteiger partial charge in [-0.1, -0.05) is 0 Å². The van der Waals surface area contributed by atoms with E-state index in [4.69, 9.17) is 4.74 Å². The molecule has 22 heavy (non-hydrogen) atoms. The van der Waals surface area contributed by atoms with Crippen molar-refractivity contribution in [2.45, 2.75) is 39.0 Å². The standard InChI is InChI=1S/C14H26N6OS/c1-4-15-14(16-7-8-22-3)17-11-5-6-13-18-12(10-21-2)19-20(13)9-11/h11H,4-10H2,1-3H3,(H2,15,16,17). The molecule has 1 aliphatic heterocycles. The SMILES string of the molecule is CCNC(=NCCSC)NC1CCc2nc(COC)nn2C1. The number of aromatic nitrogens is 3. The molecule has 0 aliphatic carbocycles. The molecule has 0 saturated carbocycles. The van der Waals surface area contributed by atoms with Crippen LogP contribution in [-0.2, 0) is 24.3 Å². The quantitative estimate of drug-likeness (QED) is 0.435. The number of methoxy groups -OCH3 is 1. The van der Waals surface area contributed by atoms with Crippen LogP contribution in [0.4, 0.5) is 0 Å². The summed E-state index contributed by atoms with van der Waals surface area (Å²) >= 11 is 1.81. The molecular formula is C14H26N6OS. The molecule has 1 aromatic heterocycles. The zero-order chi connectivity index (χ0) is 15.8. The highest BCUT2D eigenvalue weighted by Gasteiger charge is 2.22. The van der Waals surface area contributed by atoms with E-state index in [1.165, 1.54) is 0 Å². The van der Waals surface area contributed by atoms with Crippen LogP contribution in [0, 0.1) is 0 Å². The fourth-order valence-corrected chi connectivity index (χ4v) is 2.70. The minimum Gasteiger partial charge on any atom is -0.377 e. The van der Waals surface area contributed by atoms with Crippen LogP contribution in [-0.4, -0.2) is 59.0 Å². The fraction of sp³-hybridized carbons (Fsp3) is 0.786. The van der Waals surface area contributed by atoms with E-state index in [-0.39, 0.29) is 0 Å². The zero-order valence-electron chi connectivity index (χ0n) is 13.6. The second-order valence-corrected chi connectivity index (χ2v) is 6.18. The van der Waals surface area contributed by atoms with E-state index in [0.717, 1.165) is 55.8 Å². The molecule has 0 bridgehead atoms. The lowest BCUT2D eigenvalue weighted by Crippen LogP contribution is -2.47. The smallest absolute Gasteiger partial charge is 0.191 e. The van der Waals surface area contributed by atoms with Gasteiger partial charge in [-0.05, 0) is 19.6 Å². The van der Waals surface area contributed by atoms with E-state index >= 15 is 0 Å². The largest absolute Gasteiger partial charge is 0.377 e. The van der Waals surface area contributed by atoms with E-state index in [9.17, 15) is 0 Å². The van der Waals surface area contributed by atoms with Crippen LogP contribution in [0.5, 0.6) is 0 Å². The number of nitrogens with zero attached hydrogens (tertiary/aromatic N) is 4. The van der Waals surface area contributed by atoms with E-state index in [1.54, 1.807) is 7.11 Å². The maximum atomic E-state index is 5.10. The molecule has 2 N–H and O–H groups in total. The third kappa shape index (κ3) is 4.88. The highest BCUT2D eigenvalue weighted by molar-refractivity contribution is 7.98. The molecule has 0 amide bonds. The lowest BCUT2D eigenvalue weighted by atomic mass is 10.1. The molecule has 0 spiro atoms. The highest BCUT2D eigenvalue weighted by atomic mass is 32.2. The Morgan fingerprint density at radius 1 is 1.55 bits per heavy atom. The van der Waals surface area contributed by atoms with E-state index in [1.807, 2.05) is 16.4 Å². The Labute approximate surface area is 136 Å². The second-order valence-electron chi connectivity index (χ2n) is 5.19. The third-order valence-electron chi connectivity index (χ3n) is 3.43. The van der Waals surface area contributed by atoms with Crippen LogP contribution in [0.3, 0.4) is 0 Å². The summed E-state index contributed by atoms with van der Waals surface area (Å²) in [6.07, 6.45) is 4.07. The first-order valence-corrected chi connectivity index (χ1v) is 9.11. The van der Waals surface area contributed by atoms with Crippen LogP contribution in [0.2, 0.25) is 0 Å². The van der Waals surface area contributed by atoms with Gasteiger partial charge in [-0.25, -0.2) is 9.67 Å². The molecule has 1 unspecified atom stereocenters. The van der Waals surface area contributed by atoms with Crippen LogP contribution in [0.25, 0.3) is 0 Å². The minimum atomic E-state index is 0.330. The highest BCUT2D eigenvalue weighted by Crippen LogP contribution is 2.13. The molecule has 0 saturated heterocycles. The van der Waals surface area contributed by atoms with Gasteiger partial charge in [-0.15, -0.1) is 0 Å². The van der Waals surface area contributed by atoms with Gasteiger partial charge in [0, 0.05) is 31.9 Å². The van der Waals surface area contributed by atoms with Crippen molar-refractivity contribution in [1.29, 1.82) is 0 Å². The van der Waals surface area contributed by atoms with Crippen molar-refractivity contribution < 1.29 is 4.74 Å². The van der Waals surface area contributed by atoms with Gasteiger partial charge in [0.05, 0.1) is 13.1 Å². The van der Waals surface area contributed by atoms with Gasteiger partial charge in [0.1, 0.15) is 12.4 Å². The van der Waals surface area contributed by atoms with Crippen LogP contribution >= 0.6 is 11.8 Å². The number of ether oxygens (including phenoxy) is 1. The number of hydrogen-bond donors (Lipinski definition) is 2. The molecule has 1 aliphatic rings.